The van der Waals surface area contributed by atoms with Crippen molar-refractivity contribution in [2.45, 2.75) is 33.1 Å². The Morgan fingerprint density at radius 3 is 2.52 bits per heavy atom. The molecule has 0 spiro atoms. The molecule has 0 amide bonds. The largest absolute Gasteiger partial charge is 0.490 e. The molecule has 1 heterocycles. The fraction of sp³-hybridized carbons (Fsp3) is 0.375. The van der Waals surface area contributed by atoms with Crippen LogP contribution in [0.3, 0.4) is 0 Å². The molecular weight excluding hydrogens is 332 g/mol. The van der Waals surface area contributed by atoms with Crippen LogP contribution in [-0.2, 0) is 6.42 Å². The fourth-order valence-corrected chi connectivity index (χ4v) is 2.21. The lowest BCUT2D eigenvalue weighted by atomic mass is 10.3. The summed E-state index contributed by atoms with van der Waals surface area (Å²) in [6.45, 7) is 4.83. The smallest absolute Gasteiger partial charge is 0.223 e. The predicted molar refractivity (Wildman–Crippen MR) is 86.0 cm³/mol. The van der Waals surface area contributed by atoms with Gasteiger partial charge in [-0.2, -0.15) is 4.98 Å². The van der Waals surface area contributed by atoms with Crippen LogP contribution in [0.2, 0.25) is 0 Å². The molecule has 1 aromatic carbocycles. The highest BCUT2D eigenvalue weighted by Gasteiger charge is 2.09. The molecule has 0 unspecified atom stereocenters. The minimum Gasteiger partial charge on any atom is -0.490 e. The van der Waals surface area contributed by atoms with Crippen LogP contribution in [0.25, 0.3) is 0 Å². The van der Waals surface area contributed by atoms with Crippen LogP contribution in [-0.4, -0.2) is 16.6 Å². The zero-order valence-electron chi connectivity index (χ0n) is 12.3. The molecule has 112 valence electrons. The van der Waals surface area contributed by atoms with E-state index in [-0.39, 0.29) is 0 Å². The van der Waals surface area contributed by atoms with Crippen molar-refractivity contribution in [1.29, 1.82) is 0 Å². The Balaban J connectivity index is 2.21. The molecule has 4 nitrogen and oxygen atoms in total. The van der Waals surface area contributed by atoms with Crippen LogP contribution in [0.15, 0.2) is 34.9 Å². The highest BCUT2D eigenvalue weighted by Crippen LogP contribution is 2.31. The highest BCUT2D eigenvalue weighted by molar-refractivity contribution is 9.10. The van der Waals surface area contributed by atoms with Crippen molar-refractivity contribution in [1.82, 2.24) is 9.97 Å². The van der Waals surface area contributed by atoms with Gasteiger partial charge in [-0.15, -0.1) is 0 Å². The average molecular weight is 351 g/mol. The molecule has 0 fully saturated rings. The third kappa shape index (κ3) is 4.70. The van der Waals surface area contributed by atoms with E-state index < -0.39 is 0 Å². The highest BCUT2D eigenvalue weighted by atomic mass is 79.9. The predicted octanol–water partition coefficient (Wildman–Crippen LogP) is 4.77. The van der Waals surface area contributed by atoms with Crippen molar-refractivity contribution in [3.8, 4) is 17.4 Å². The summed E-state index contributed by atoms with van der Waals surface area (Å²) in [5.41, 5.74) is 0. The first kappa shape index (κ1) is 15.8. The van der Waals surface area contributed by atoms with Gasteiger partial charge in [0.05, 0.1) is 6.61 Å². The minimum absolute atomic E-state index is 0.521. The molecular formula is C16H19BrN2O2. The van der Waals surface area contributed by atoms with E-state index in [2.05, 4.69) is 39.7 Å². The van der Waals surface area contributed by atoms with Gasteiger partial charge in [-0.1, -0.05) is 26.0 Å². The van der Waals surface area contributed by atoms with Gasteiger partial charge in [-0.05, 0) is 40.9 Å². The normalized spacial score (nSPS) is 10.4. The number of ether oxygens (including phenoxy) is 2. The second-order valence-corrected chi connectivity index (χ2v) is 5.40. The van der Waals surface area contributed by atoms with Gasteiger partial charge in [0, 0.05) is 12.5 Å². The van der Waals surface area contributed by atoms with E-state index in [0.717, 1.165) is 35.4 Å². The van der Waals surface area contributed by atoms with Crippen LogP contribution in [0.1, 0.15) is 32.5 Å². The number of nitrogens with zero attached hydrogens (tertiary/aromatic N) is 2. The molecule has 0 saturated carbocycles. The number of para-hydroxylation sites is 2. The van der Waals surface area contributed by atoms with Crippen LogP contribution in [0.4, 0.5) is 0 Å². The Kier molecular flexibility index (Phi) is 5.99. The molecule has 0 atom stereocenters. The first-order valence-corrected chi connectivity index (χ1v) is 7.95. The van der Waals surface area contributed by atoms with E-state index in [9.17, 15) is 0 Å². The summed E-state index contributed by atoms with van der Waals surface area (Å²) in [5, 5.41) is 0. The van der Waals surface area contributed by atoms with Crippen molar-refractivity contribution < 1.29 is 9.47 Å². The van der Waals surface area contributed by atoms with Gasteiger partial charge in [0.2, 0.25) is 5.88 Å². The summed E-state index contributed by atoms with van der Waals surface area (Å²) < 4.78 is 12.3. The summed E-state index contributed by atoms with van der Waals surface area (Å²) in [7, 11) is 0. The molecule has 21 heavy (non-hydrogen) atoms. The monoisotopic (exact) mass is 350 g/mol. The van der Waals surface area contributed by atoms with Gasteiger partial charge < -0.3 is 9.47 Å². The van der Waals surface area contributed by atoms with E-state index in [1.54, 1.807) is 6.07 Å². The number of rotatable bonds is 7. The molecule has 0 aliphatic rings. The molecule has 0 aliphatic carbocycles. The molecule has 0 bridgehead atoms. The van der Waals surface area contributed by atoms with Gasteiger partial charge in [-0.3, -0.25) is 0 Å². The lowest BCUT2D eigenvalue weighted by Gasteiger charge is -2.12. The van der Waals surface area contributed by atoms with Gasteiger partial charge in [0.1, 0.15) is 10.4 Å². The van der Waals surface area contributed by atoms with Gasteiger partial charge in [0.15, 0.2) is 11.5 Å². The minimum atomic E-state index is 0.521. The SMILES string of the molecule is CCCOc1ccccc1Oc1cc(Br)nc(CCC)n1. The lowest BCUT2D eigenvalue weighted by molar-refractivity contribution is 0.300. The standard InChI is InChI=1S/C16H19BrN2O2/c1-3-7-15-18-14(17)11-16(19-15)21-13-9-6-5-8-12(13)20-10-4-2/h5-6,8-9,11H,3-4,7,10H2,1-2H3. The van der Waals surface area contributed by atoms with Crippen molar-refractivity contribution in [2.24, 2.45) is 0 Å². The fourth-order valence-electron chi connectivity index (χ4n) is 1.81. The van der Waals surface area contributed by atoms with Gasteiger partial charge >= 0.3 is 0 Å². The van der Waals surface area contributed by atoms with Crippen LogP contribution >= 0.6 is 15.9 Å². The summed E-state index contributed by atoms with van der Waals surface area (Å²) >= 11 is 3.39. The first-order chi connectivity index (χ1) is 10.2. The average Bonchev–Trinajstić information content (AvgIpc) is 2.46. The van der Waals surface area contributed by atoms with Crippen LogP contribution in [0.5, 0.6) is 17.4 Å². The van der Waals surface area contributed by atoms with Crippen molar-refractivity contribution in [2.75, 3.05) is 6.61 Å². The zero-order valence-corrected chi connectivity index (χ0v) is 13.9. The van der Waals surface area contributed by atoms with Crippen LogP contribution < -0.4 is 9.47 Å². The maximum Gasteiger partial charge on any atom is 0.223 e. The molecule has 0 radical (unpaired) electrons. The van der Waals surface area contributed by atoms with E-state index in [1.165, 1.54) is 0 Å². The summed E-state index contributed by atoms with van der Waals surface area (Å²) in [6.07, 6.45) is 2.77. The van der Waals surface area contributed by atoms with E-state index in [0.29, 0.717) is 18.2 Å². The Morgan fingerprint density at radius 1 is 1.05 bits per heavy atom. The number of benzene rings is 1. The Bertz CT molecular complexity index is 590. The Morgan fingerprint density at radius 2 is 1.81 bits per heavy atom. The third-order valence-electron chi connectivity index (χ3n) is 2.72. The molecule has 0 aliphatic heterocycles. The lowest BCUT2D eigenvalue weighted by Crippen LogP contribution is -2.00. The molecule has 5 heteroatoms. The topological polar surface area (TPSA) is 44.2 Å². The van der Waals surface area contributed by atoms with Crippen LogP contribution in [0, 0.1) is 0 Å². The molecule has 2 aromatic rings. The molecule has 0 N–H and O–H groups in total. The molecule has 1 aromatic heterocycles. The van der Waals surface area contributed by atoms with E-state index >= 15 is 0 Å². The van der Waals surface area contributed by atoms with Crippen molar-refractivity contribution >= 4 is 15.9 Å². The summed E-state index contributed by atoms with van der Waals surface area (Å²) in [4.78, 5) is 8.75. The first-order valence-electron chi connectivity index (χ1n) is 7.16. The number of hydrogen-bond acceptors (Lipinski definition) is 4. The molecule has 0 saturated heterocycles. The van der Waals surface area contributed by atoms with Gasteiger partial charge in [-0.25, -0.2) is 4.98 Å². The Hall–Kier alpha value is -1.62. The maximum absolute atomic E-state index is 5.87. The number of aromatic nitrogens is 2. The molecule has 2 rings (SSSR count). The Labute approximate surface area is 133 Å². The van der Waals surface area contributed by atoms with E-state index in [1.807, 2.05) is 24.3 Å². The zero-order chi connectivity index (χ0) is 15.1. The van der Waals surface area contributed by atoms with Gasteiger partial charge in [0.25, 0.3) is 0 Å². The summed E-state index contributed by atoms with van der Waals surface area (Å²) in [5.74, 6) is 2.69. The number of hydrogen-bond donors (Lipinski definition) is 0. The van der Waals surface area contributed by atoms with Crippen molar-refractivity contribution in [3.63, 3.8) is 0 Å². The summed E-state index contributed by atoms with van der Waals surface area (Å²) in [6, 6.07) is 9.37. The second-order valence-electron chi connectivity index (χ2n) is 4.59. The van der Waals surface area contributed by atoms with Crippen molar-refractivity contribution in [3.05, 3.63) is 40.8 Å². The number of aryl methyl sites for hydroxylation is 1. The van der Waals surface area contributed by atoms with E-state index in [4.69, 9.17) is 9.47 Å². The number of halogens is 1. The maximum atomic E-state index is 5.87. The third-order valence-corrected chi connectivity index (χ3v) is 3.12. The second kappa shape index (κ2) is 7.98. The quantitative estimate of drug-likeness (QED) is 0.674.